The number of methoxy groups -OCH3 is 1. The summed E-state index contributed by atoms with van der Waals surface area (Å²) in [7, 11) is 0.0163. The van der Waals surface area contributed by atoms with Crippen molar-refractivity contribution in [1.29, 1.82) is 0 Å². The molecule has 2 unspecified atom stereocenters. The van der Waals surface area contributed by atoms with Crippen molar-refractivity contribution in [3.63, 3.8) is 0 Å². The van der Waals surface area contributed by atoms with E-state index in [-0.39, 0.29) is 41.3 Å². The maximum atomic E-state index is 13.3. The number of Topliss-reactive ketones (excluding diaryl/α,β-unsaturated/α-hetero) is 1. The molecule has 0 spiro atoms. The van der Waals surface area contributed by atoms with Crippen LogP contribution in [0.15, 0.2) is 12.1 Å². The van der Waals surface area contributed by atoms with Crippen molar-refractivity contribution >= 4 is 22.7 Å². The van der Waals surface area contributed by atoms with Crippen LogP contribution in [-0.4, -0.2) is 77.5 Å². The Morgan fingerprint density at radius 3 is 2.57 bits per heavy atom. The number of nitrogens with zero attached hydrogens (tertiary/aromatic N) is 1. The van der Waals surface area contributed by atoms with Gasteiger partial charge in [0.2, 0.25) is 0 Å². The number of carbonyl (C=O) groups is 2. The van der Waals surface area contributed by atoms with Crippen molar-refractivity contribution < 1.29 is 50.0 Å². The van der Waals surface area contributed by atoms with Gasteiger partial charge in [-0.2, -0.15) is 22.0 Å². The normalized spacial score (nSPS) is 30.3. The Bertz CT molecular complexity index is 1320. The third-order valence-corrected chi connectivity index (χ3v) is 12.3. The molecule has 2 saturated carbocycles. The number of benzene rings is 1. The van der Waals surface area contributed by atoms with Gasteiger partial charge in [0.05, 0.1) is 26.4 Å². The van der Waals surface area contributed by atoms with Crippen molar-refractivity contribution in [2.24, 2.45) is 23.2 Å². The Kier molecular flexibility index (Phi) is 10.4. The van der Waals surface area contributed by atoms with Crippen LogP contribution in [0, 0.1) is 23.2 Å². The number of ketones is 1. The standard InChI is InChI=1S/C33H44F5NO6S/c1-20-19-39(12-13-44-20)30(41)45-27-17-22-16-21(6-4-14-46(42)15-5-10-32(34,35)33(36,37)38)29-23(24(22)18-26(27)43-3)9-11-31(2)25(29)7-8-28(31)40/h17-18,20-21,23,25,29H,4-16,19H2,1-3H3/t20?,21-,23-,25+,29-,31+,46?/m1/s1. The second-order valence-corrected chi connectivity index (χ2v) is 15.4. The number of halogens is 5. The molecule has 1 heterocycles. The molecule has 13 heteroatoms. The first kappa shape index (κ1) is 35.0. The maximum Gasteiger partial charge on any atom is 0.453 e. The van der Waals surface area contributed by atoms with Gasteiger partial charge in [0.25, 0.3) is 0 Å². The number of hydrogen-bond donors (Lipinski definition) is 0. The average Bonchev–Trinajstić information content (AvgIpc) is 3.29. The Morgan fingerprint density at radius 2 is 1.87 bits per heavy atom. The highest BCUT2D eigenvalue weighted by atomic mass is 32.2. The Balaban J connectivity index is 1.32. The molecule has 1 amide bonds. The van der Waals surface area contributed by atoms with Gasteiger partial charge in [0, 0.05) is 47.1 Å². The zero-order chi connectivity index (χ0) is 33.4. The van der Waals surface area contributed by atoms with E-state index >= 15 is 0 Å². The van der Waals surface area contributed by atoms with Gasteiger partial charge < -0.3 is 19.1 Å². The number of ether oxygens (including phenoxy) is 3. The predicted octanol–water partition coefficient (Wildman–Crippen LogP) is 7.07. The molecule has 0 N–H and O–H groups in total. The summed E-state index contributed by atoms with van der Waals surface area (Å²) in [5.41, 5.74) is 1.78. The molecular weight excluding hydrogens is 633 g/mol. The summed E-state index contributed by atoms with van der Waals surface area (Å²) in [5, 5.41) is 0. The van der Waals surface area contributed by atoms with E-state index in [0.717, 1.165) is 30.4 Å². The highest BCUT2D eigenvalue weighted by molar-refractivity contribution is 7.84. The second-order valence-electron chi connectivity index (χ2n) is 13.7. The van der Waals surface area contributed by atoms with Crippen molar-refractivity contribution in [1.82, 2.24) is 4.90 Å². The van der Waals surface area contributed by atoms with E-state index in [1.165, 1.54) is 7.11 Å². The monoisotopic (exact) mass is 677 g/mol. The maximum absolute atomic E-state index is 13.3. The first-order valence-electron chi connectivity index (χ1n) is 16.3. The van der Waals surface area contributed by atoms with E-state index in [1.54, 1.807) is 4.90 Å². The molecule has 1 saturated heterocycles. The molecule has 1 aliphatic heterocycles. The van der Waals surface area contributed by atoms with Crippen LogP contribution in [0.2, 0.25) is 0 Å². The van der Waals surface area contributed by atoms with Gasteiger partial charge in [-0.15, -0.1) is 0 Å². The highest BCUT2D eigenvalue weighted by Crippen LogP contribution is 2.62. The summed E-state index contributed by atoms with van der Waals surface area (Å²) in [4.78, 5) is 27.7. The fourth-order valence-corrected chi connectivity index (χ4v) is 9.59. The molecule has 1 aromatic rings. The summed E-state index contributed by atoms with van der Waals surface area (Å²) in [6.07, 6.45) is -3.21. The number of morpholine rings is 1. The van der Waals surface area contributed by atoms with Gasteiger partial charge in [-0.1, -0.05) is 6.92 Å². The Hall–Kier alpha value is -2.28. The fourth-order valence-electron chi connectivity index (χ4n) is 8.43. The summed E-state index contributed by atoms with van der Waals surface area (Å²) in [6, 6.07) is 3.85. The lowest BCUT2D eigenvalue weighted by Gasteiger charge is -2.52. The second kappa shape index (κ2) is 13.7. The number of hydrogen-bond acceptors (Lipinski definition) is 6. The topological polar surface area (TPSA) is 82.1 Å². The van der Waals surface area contributed by atoms with Crippen LogP contribution in [0.1, 0.15) is 82.3 Å². The average molecular weight is 678 g/mol. The zero-order valence-corrected chi connectivity index (χ0v) is 27.5. The van der Waals surface area contributed by atoms with Gasteiger partial charge in [-0.3, -0.25) is 9.00 Å². The van der Waals surface area contributed by atoms with Gasteiger partial charge in [0.15, 0.2) is 11.5 Å². The van der Waals surface area contributed by atoms with E-state index < -0.39 is 47.2 Å². The molecule has 4 aliphatic rings. The molecule has 46 heavy (non-hydrogen) atoms. The molecule has 0 aromatic heterocycles. The molecule has 7 nitrogen and oxygen atoms in total. The molecule has 258 valence electrons. The van der Waals surface area contributed by atoms with E-state index in [4.69, 9.17) is 14.2 Å². The molecule has 1 aromatic carbocycles. The van der Waals surface area contributed by atoms with E-state index in [9.17, 15) is 35.8 Å². The van der Waals surface area contributed by atoms with Crippen LogP contribution in [0.25, 0.3) is 0 Å². The number of amides is 1. The van der Waals surface area contributed by atoms with Crippen LogP contribution in [0.5, 0.6) is 11.5 Å². The zero-order valence-electron chi connectivity index (χ0n) is 26.6. The summed E-state index contributed by atoms with van der Waals surface area (Å²) in [6.45, 7) is 5.24. The van der Waals surface area contributed by atoms with Crippen molar-refractivity contribution in [3.8, 4) is 11.5 Å². The van der Waals surface area contributed by atoms with Crippen molar-refractivity contribution in [2.75, 3.05) is 38.3 Å². The summed E-state index contributed by atoms with van der Waals surface area (Å²) in [5.74, 6) is -3.01. The molecule has 3 aliphatic carbocycles. The lowest BCUT2D eigenvalue weighted by molar-refractivity contribution is -0.284. The van der Waals surface area contributed by atoms with E-state index in [2.05, 4.69) is 6.92 Å². The van der Waals surface area contributed by atoms with E-state index in [0.29, 0.717) is 62.7 Å². The van der Waals surface area contributed by atoms with Crippen molar-refractivity contribution in [2.45, 2.75) is 95.8 Å². The van der Waals surface area contributed by atoms with E-state index in [1.807, 2.05) is 19.1 Å². The summed E-state index contributed by atoms with van der Waals surface area (Å²) < 4.78 is 93.8. The number of carbonyl (C=O) groups excluding carboxylic acids is 2. The van der Waals surface area contributed by atoms with Gasteiger partial charge in [-0.05, 0) is 98.8 Å². The smallest absolute Gasteiger partial charge is 0.453 e. The number of alkyl halides is 5. The lowest BCUT2D eigenvalue weighted by Crippen LogP contribution is -2.46. The van der Waals surface area contributed by atoms with Crippen LogP contribution in [-0.2, 0) is 26.8 Å². The van der Waals surface area contributed by atoms with Crippen LogP contribution in [0.4, 0.5) is 26.7 Å². The quantitative estimate of drug-likeness (QED) is 0.247. The minimum absolute atomic E-state index is 0.0981. The third-order valence-electron chi connectivity index (χ3n) is 10.8. The Morgan fingerprint density at radius 1 is 1.13 bits per heavy atom. The Labute approximate surface area is 269 Å². The van der Waals surface area contributed by atoms with Gasteiger partial charge >= 0.3 is 18.2 Å². The minimum Gasteiger partial charge on any atom is -0.493 e. The van der Waals surface area contributed by atoms with Crippen LogP contribution < -0.4 is 9.47 Å². The molecule has 0 bridgehead atoms. The van der Waals surface area contributed by atoms with Crippen molar-refractivity contribution in [3.05, 3.63) is 23.3 Å². The number of fused-ring (bicyclic) bond motifs is 5. The first-order valence-corrected chi connectivity index (χ1v) is 17.8. The lowest BCUT2D eigenvalue weighted by atomic mass is 9.52. The molecule has 5 rings (SSSR count). The largest absolute Gasteiger partial charge is 0.493 e. The third kappa shape index (κ3) is 7.10. The highest BCUT2D eigenvalue weighted by Gasteiger charge is 2.57. The minimum atomic E-state index is -5.61. The van der Waals surface area contributed by atoms with Crippen LogP contribution in [0.3, 0.4) is 0 Å². The summed E-state index contributed by atoms with van der Waals surface area (Å²) >= 11 is 0. The van der Waals surface area contributed by atoms with Crippen LogP contribution >= 0.6 is 0 Å². The first-order chi connectivity index (χ1) is 21.6. The SMILES string of the molecule is COc1cc2c(cc1OC(=O)N1CCOC(C)C1)C[C@@H](CCCS(=O)CCCC(F)(F)C(F)(F)F)[C@@H]1[C@@H]2CC[C@]2(C)C(=O)CC[C@@H]12. The number of rotatable bonds is 10. The fraction of sp³-hybridized carbons (Fsp3) is 0.758. The van der Waals surface area contributed by atoms with Gasteiger partial charge in [-0.25, -0.2) is 4.79 Å². The molecule has 3 fully saturated rings. The molecular formula is C33H44F5NO6S. The predicted molar refractivity (Wildman–Crippen MR) is 162 cm³/mol. The van der Waals surface area contributed by atoms with Gasteiger partial charge in [0.1, 0.15) is 5.78 Å². The molecule has 0 radical (unpaired) electrons. The molecule has 7 atom stereocenters.